The number of aliphatic hydroxyl groups excluding tert-OH is 8. The van der Waals surface area contributed by atoms with Crippen molar-refractivity contribution in [2.45, 2.75) is 267 Å². The summed E-state index contributed by atoms with van der Waals surface area (Å²) in [6.07, 6.45) is -3.86. The van der Waals surface area contributed by atoms with Crippen LogP contribution in [0, 0.1) is 5.92 Å². The first-order valence-electron chi connectivity index (χ1n) is 25.8. The van der Waals surface area contributed by atoms with Crippen molar-refractivity contribution in [3.63, 3.8) is 0 Å². The zero-order valence-electron chi connectivity index (χ0n) is 41.5. The third kappa shape index (κ3) is 22.7. The molecule has 3 heterocycles. The van der Waals surface area contributed by atoms with Crippen LogP contribution in [0.15, 0.2) is 0 Å². The molecule has 3 aliphatic heterocycles. The van der Waals surface area contributed by atoms with E-state index >= 15 is 0 Å². The predicted octanol–water partition coefficient (Wildman–Crippen LogP) is 3.28. The van der Waals surface area contributed by atoms with Crippen molar-refractivity contribution in [3.05, 3.63) is 0 Å². The number of aliphatic carboxylic acids is 1. The minimum absolute atomic E-state index is 0.0192. The lowest BCUT2D eigenvalue weighted by atomic mass is 9.98. The van der Waals surface area contributed by atoms with E-state index in [1.54, 1.807) is 0 Å². The number of ether oxygens (including phenoxy) is 8. The normalized spacial score (nSPS) is 31.0. The van der Waals surface area contributed by atoms with Gasteiger partial charge in [0, 0.05) is 13.3 Å². The van der Waals surface area contributed by atoms with Crippen molar-refractivity contribution in [1.82, 2.24) is 0 Å². The molecule has 20 heteroatoms. The molecule has 3 aliphatic rings. The Morgan fingerprint density at radius 2 is 1.14 bits per heavy atom. The summed E-state index contributed by atoms with van der Waals surface area (Å²) < 4.78 is 46.9. The summed E-state index contributed by atoms with van der Waals surface area (Å²) in [5, 5.41) is 95.0. The van der Waals surface area contributed by atoms with Crippen molar-refractivity contribution < 1.29 is 98.2 Å². The Labute approximate surface area is 408 Å². The lowest BCUT2D eigenvalue weighted by Crippen LogP contribution is -2.65. The third-order valence-electron chi connectivity index (χ3n) is 13.0. The SMILES string of the molecule is CCCCCC[C@@H](CCC[C@@H](O)CCCCCCCCCCCCC[C@H](O)C(=O)O)O[C@H]1OC[C@H](O)[C@@H](O)[C@@H]1OC1OC[C@H](OC(C)=O)[C@@H](O)[C@@H]1O[C@H]1O[C@@H](COC(=O)CC(C)C)[C@H](O)[C@@H](O)[C@@H]1O. The van der Waals surface area contributed by atoms with Gasteiger partial charge in [0.25, 0.3) is 0 Å². The molecule has 0 spiro atoms. The van der Waals surface area contributed by atoms with Gasteiger partial charge in [0.15, 0.2) is 31.1 Å². The summed E-state index contributed by atoms with van der Waals surface area (Å²) in [6.45, 7) is 5.68. The summed E-state index contributed by atoms with van der Waals surface area (Å²) >= 11 is 0. The largest absolute Gasteiger partial charge is 0.479 e. The number of unbranched alkanes of at least 4 members (excludes halogenated alkanes) is 13. The van der Waals surface area contributed by atoms with Crippen molar-refractivity contribution in [2.24, 2.45) is 5.92 Å². The lowest BCUT2D eigenvalue weighted by molar-refractivity contribution is -0.380. The first-order valence-corrected chi connectivity index (χ1v) is 25.8. The number of rotatable bonds is 35. The summed E-state index contributed by atoms with van der Waals surface area (Å²) in [6, 6.07) is 0. The van der Waals surface area contributed by atoms with Crippen LogP contribution in [0.1, 0.15) is 169 Å². The Morgan fingerprint density at radius 1 is 0.609 bits per heavy atom. The van der Waals surface area contributed by atoms with Crippen LogP contribution >= 0.6 is 0 Å². The average molecular weight is 997 g/mol. The van der Waals surface area contributed by atoms with E-state index in [0.29, 0.717) is 38.5 Å². The van der Waals surface area contributed by atoms with Crippen LogP contribution in [0.4, 0.5) is 0 Å². The van der Waals surface area contributed by atoms with Crippen LogP contribution in [0.2, 0.25) is 0 Å². The van der Waals surface area contributed by atoms with Crippen LogP contribution in [0.3, 0.4) is 0 Å². The molecular formula is C49H88O20. The van der Waals surface area contributed by atoms with Gasteiger partial charge in [-0.1, -0.05) is 117 Å². The van der Waals surface area contributed by atoms with Gasteiger partial charge in [0.1, 0.15) is 61.5 Å². The second-order valence-corrected chi connectivity index (χ2v) is 19.6. The molecule has 20 nitrogen and oxygen atoms in total. The molecule has 16 atom stereocenters. The van der Waals surface area contributed by atoms with E-state index in [-0.39, 0.29) is 25.0 Å². The van der Waals surface area contributed by atoms with Crippen LogP contribution in [0.5, 0.6) is 0 Å². The number of aliphatic hydroxyl groups is 8. The maximum Gasteiger partial charge on any atom is 0.332 e. The topological polar surface area (TPSA) is 307 Å². The van der Waals surface area contributed by atoms with Gasteiger partial charge in [-0.05, 0) is 44.4 Å². The monoisotopic (exact) mass is 997 g/mol. The van der Waals surface area contributed by atoms with E-state index in [4.69, 9.17) is 43.0 Å². The zero-order valence-corrected chi connectivity index (χ0v) is 41.5. The van der Waals surface area contributed by atoms with Crippen LogP contribution in [-0.2, 0) is 52.3 Å². The third-order valence-corrected chi connectivity index (χ3v) is 13.0. The molecule has 9 N–H and O–H groups in total. The first-order chi connectivity index (χ1) is 32.9. The molecule has 0 aliphatic carbocycles. The van der Waals surface area contributed by atoms with Crippen molar-refractivity contribution in [2.75, 3.05) is 19.8 Å². The van der Waals surface area contributed by atoms with Gasteiger partial charge in [-0.2, -0.15) is 0 Å². The van der Waals surface area contributed by atoms with Gasteiger partial charge >= 0.3 is 17.9 Å². The van der Waals surface area contributed by atoms with E-state index in [2.05, 4.69) is 6.92 Å². The fourth-order valence-electron chi connectivity index (χ4n) is 8.83. The highest BCUT2D eigenvalue weighted by atomic mass is 16.8. The average Bonchev–Trinajstić information content (AvgIpc) is 3.29. The Hall–Kier alpha value is -2.15. The van der Waals surface area contributed by atoms with Crippen LogP contribution in [-0.4, -0.2) is 182 Å². The molecule has 404 valence electrons. The first kappa shape index (κ1) is 61.2. The minimum atomic E-state index is -1.90. The van der Waals surface area contributed by atoms with Gasteiger partial charge in [-0.25, -0.2) is 4.79 Å². The highest BCUT2D eigenvalue weighted by molar-refractivity contribution is 5.71. The molecule has 3 rings (SSSR count). The standard InChI is InChI=1S/C49H88O20/c1-5-6-7-18-23-33(24-20-22-32(51)21-17-15-13-11-9-8-10-12-14-16-19-25-34(52)46(60)61)66-48-44(39(55)35(53)27-63-48)69-49-45(41(57)37(29-64-49)65-31(4)50)68-47-43(59)42(58)40(56)36(67-47)28-62-38(54)26-30(2)3/h30,32-37,39-45,47-49,51-53,55-59H,5-29H2,1-4H3,(H,60,61)/t32-,33-,34-,35-,36-,37-,39+,40-,41+,42+,43-,44-,45-,47+,48+,49?/m0/s1. The Balaban J connectivity index is 1.59. The van der Waals surface area contributed by atoms with Crippen molar-refractivity contribution in [3.8, 4) is 0 Å². The number of carbonyl (C=O) groups is 3. The van der Waals surface area contributed by atoms with Gasteiger partial charge in [-0.3, -0.25) is 9.59 Å². The van der Waals surface area contributed by atoms with Gasteiger partial charge in [0.05, 0.1) is 25.4 Å². The number of esters is 2. The molecule has 69 heavy (non-hydrogen) atoms. The number of carboxylic acids is 1. The number of hydrogen-bond donors (Lipinski definition) is 9. The summed E-state index contributed by atoms with van der Waals surface area (Å²) in [4.78, 5) is 35.0. The zero-order chi connectivity index (χ0) is 50.9. The fourth-order valence-corrected chi connectivity index (χ4v) is 8.83. The molecule has 0 radical (unpaired) electrons. The van der Waals surface area contributed by atoms with Crippen LogP contribution < -0.4 is 0 Å². The highest BCUT2D eigenvalue weighted by Crippen LogP contribution is 2.33. The minimum Gasteiger partial charge on any atom is -0.479 e. The molecule has 0 saturated carbocycles. The Kier molecular flexibility index (Phi) is 29.7. The number of hydrogen-bond acceptors (Lipinski definition) is 19. The molecule has 3 saturated heterocycles. The van der Waals surface area contributed by atoms with Gasteiger partial charge in [-0.15, -0.1) is 0 Å². The molecular weight excluding hydrogens is 909 g/mol. The summed E-state index contributed by atoms with van der Waals surface area (Å²) in [5.41, 5.74) is 0. The number of carbonyl (C=O) groups excluding carboxylic acids is 2. The quantitative estimate of drug-likeness (QED) is 0.0325. The molecule has 0 amide bonds. The highest BCUT2D eigenvalue weighted by Gasteiger charge is 2.52. The van der Waals surface area contributed by atoms with Crippen LogP contribution in [0.25, 0.3) is 0 Å². The Bertz CT molecular complexity index is 1410. The summed E-state index contributed by atoms with van der Waals surface area (Å²) in [7, 11) is 0. The van der Waals surface area contributed by atoms with E-state index in [1.165, 1.54) is 0 Å². The molecule has 1 unspecified atom stereocenters. The maximum absolute atomic E-state index is 12.3. The van der Waals surface area contributed by atoms with E-state index in [1.807, 2.05) is 13.8 Å². The molecule has 0 aromatic carbocycles. The predicted molar refractivity (Wildman–Crippen MR) is 247 cm³/mol. The fraction of sp³-hybridized carbons (Fsp3) is 0.939. The summed E-state index contributed by atoms with van der Waals surface area (Å²) in [5.74, 6) is -2.51. The van der Waals surface area contributed by atoms with Gasteiger partial charge < -0.3 is 83.9 Å². The van der Waals surface area contributed by atoms with E-state index < -0.39 is 123 Å². The van der Waals surface area contributed by atoms with Gasteiger partial charge in [0.2, 0.25) is 0 Å². The molecule has 0 aromatic rings. The molecule has 0 bridgehead atoms. The van der Waals surface area contributed by atoms with E-state index in [0.717, 1.165) is 103 Å². The van der Waals surface area contributed by atoms with E-state index in [9.17, 15) is 55.2 Å². The second-order valence-electron chi connectivity index (χ2n) is 19.6. The Morgan fingerprint density at radius 3 is 1.75 bits per heavy atom. The smallest absolute Gasteiger partial charge is 0.332 e. The molecule has 0 aromatic heterocycles. The maximum atomic E-state index is 12.3. The molecule has 3 fully saturated rings. The van der Waals surface area contributed by atoms with Crippen molar-refractivity contribution in [1.29, 1.82) is 0 Å². The second kappa shape index (κ2) is 33.6. The lowest BCUT2D eigenvalue weighted by Gasteiger charge is -2.46. The number of carboxylic acid groups (broad SMARTS) is 1. The van der Waals surface area contributed by atoms with Crippen molar-refractivity contribution >= 4 is 17.9 Å².